The second-order valence-electron chi connectivity index (χ2n) is 5.88. The van der Waals surface area contributed by atoms with E-state index in [0.717, 1.165) is 19.5 Å². The summed E-state index contributed by atoms with van der Waals surface area (Å²) in [5.74, 6) is 0. The maximum Gasteiger partial charge on any atom is 0.0443 e. The smallest absolute Gasteiger partial charge is 0.0443 e. The normalized spacial score (nSPS) is 17.5. The molecule has 0 spiro atoms. The van der Waals surface area contributed by atoms with Crippen molar-refractivity contribution in [3.05, 3.63) is 29.8 Å². The highest BCUT2D eigenvalue weighted by atomic mass is 32.2. The summed E-state index contributed by atoms with van der Waals surface area (Å²) in [7, 11) is 2.19. The number of hydrogen-bond donors (Lipinski definition) is 1. The molecule has 2 rings (SSSR count). The van der Waals surface area contributed by atoms with Gasteiger partial charge in [0.25, 0.3) is 0 Å². The predicted octanol–water partition coefficient (Wildman–Crippen LogP) is 2.69. The van der Waals surface area contributed by atoms with Crippen LogP contribution in [0.25, 0.3) is 0 Å². The number of likely N-dealkylation sites (tertiary alicyclic amines) is 1. The third-order valence-corrected chi connectivity index (χ3v) is 5.27. The Hall–Kier alpha value is -0.550. The molecule has 1 fully saturated rings. The van der Waals surface area contributed by atoms with Crippen molar-refractivity contribution in [1.82, 2.24) is 9.80 Å². The van der Waals surface area contributed by atoms with Crippen molar-refractivity contribution >= 4 is 11.8 Å². The third-order valence-electron chi connectivity index (χ3n) is 4.44. The summed E-state index contributed by atoms with van der Waals surface area (Å²) in [6.45, 7) is 4.74. The molecule has 21 heavy (non-hydrogen) atoms. The van der Waals surface area contributed by atoms with Crippen molar-refractivity contribution in [2.45, 2.75) is 36.7 Å². The van der Waals surface area contributed by atoms with Crippen molar-refractivity contribution < 1.29 is 5.11 Å². The van der Waals surface area contributed by atoms with Crippen LogP contribution in [0, 0.1) is 0 Å². The molecule has 0 unspecified atom stereocenters. The number of rotatable bonds is 7. The molecule has 1 aliphatic rings. The fourth-order valence-corrected chi connectivity index (χ4v) is 3.70. The van der Waals surface area contributed by atoms with Crippen molar-refractivity contribution in [3.63, 3.8) is 0 Å². The van der Waals surface area contributed by atoms with Crippen molar-refractivity contribution in [3.8, 4) is 0 Å². The molecule has 1 aromatic carbocycles. The number of hydrogen-bond acceptors (Lipinski definition) is 4. The van der Waals surface area contributed by atoms with E-state index in [1.165, 1.54) is 36.4 Å². The lowest BCUT2D eigenvalue weighted by atomic mass is 10.0. The predicted molar refractivity (Wildman–Crippen MR) is 90.9 cm³/mol. The molecule has 3 nitrogen and oxygen atoms in total. The van der Waals surface area contributed by atoms with Gasteiger partial charge in [-0.25, -0.2) is 0 Å². The summed E-state index contributed by atoms with van der Waals surface area (Å²) >= 11 is 1.84. The number of benzene rings is 1. The van der Waals surface area contributed by atoms with Crippen LogP contribution in [0.2, 0.25) is 0 Å². The quantitative estimate of drug-likeness (QED) is 0.784. The Kier molecular flexibility index (Phi) is 7.04. The first-order chi connectivity index (χ1) is 10.2. The fourth-order valence-electron chi connectivity index (χ4n) is 3.10. The second kappa shape index (κ2) is 8.79. The fraction of sp³-hybridized carbons (Fsp3) is 0.647. The summed E-state index contributed by atoms with van der Waals surface area (Å²) in [6.07, 6.45) is 5.52. The zero-order valence-electron chi connectivity index (χ0n) is 13.3. The van der Waals surface area contributed by atoms with E-state index in [1.54, 1.807) is 0 Å². The maximum absolute atomic E-state index is 8.93. The van der Waals surface area contributed by atoms with E-state index in [9.17, 15) is 0 Å². The van der Waals surface area contributed by atoms with Crippen LogP contribution in [0.15, 0.2) is 29.2 Å². The molecule has 0 atom stereocenters. The molecule has 4 heteroatoms. The molecule has 1 saturated heterocycles. The van der Waals surface area contributed by atoms with Gasteiger partial charge in [0.2, 0.25) is 0 Å². The van der Waals surface area contributed by atoms with Crippen LogP contribution in [0.1, 0.15) is 24.8 Å². The summed E-state index contributed by atoms with van der Waals surface area (Å²) in [6, 6.07) is 9.42. The Bertz CT molecular complexity index is 419. The van der Waals surface area contributed by atoms with E-state index < -0.39 is 0 Å². The lowest BCUT2D eigenvalue weighted by molar-refractivity contribution is 0.117. The summed E-state index contributed by atoms with van der Waals surface area (Å²) in [5.41, 5.74) is 1.46. The molecule has 0 bridgehead atoms. The Morgan fingerprint density at radius 2 is 2.00 bits per heavy atom. The van der Waals surface area contributed by atoms with Gasteiger partial charge in [0.15, 0.2) is 0 Å². The van der Waals surface area contributed by atoms with Gasteiger partial charge >= 0.3 is 0 Å². The van der Waals surface area contributed by atoms with E-state index >= 15 is 0 Å². The van der Waals surface area contributed by atoms with Crippen molar-refractivity contribution in [1.29, 1.82) is 0 Å². The van der Waals surface area contributed by atoms with E-state index in [2.05, 4.69) is 47.4 Å². The first kappa shape index (κ1) is 16.8. The Balaban J connectivity index is 1.81. The lowest BCUT2D eigenvalue weighted by Crippen LogP contribution is -2.43. The molecular formula is C17H28N2OS. The zero-order chi connectivity index (χ0) is 15.1. The van der Waals surface area contributed by atoms with E-state index in [0.29, 0.717) is 12.6 Å². The number of aliphatic hydroxyl groups is 1. The SMILES string of the molecule is CSc1ccccc1CN1CCC(N(C)CCCO)CC1. The highest BCUT2D eigenvalue weighted by Crippen LogP contribution is 2.23. The highest BCUT2D eigenvalue weighted by molar-refractivity contribution is 7.98. The van der Waals surface area contributed by atoms with Crippen LogP contribution < -0.4 is 0 Å². The van der Waals surface area contributed by atoms with Crippen LogP contribution in [0.3, 0.4) is 0 Å². The molecule has 0 saturated carbocycles. The highest BCUT2D eigenvalue weighted by Gasteiger charge is 2.22. The van der Waals surface area contributed by atoms with Gasteiger partial charge in [0.05, 0.1) is 0 Å². The van der Waals surface area contributed by atoms with Crippen molar-refractivity contribution in [2.75, 3.05) is 39.5 Å². The average molecular weight is 308 g/mol. The molecular weight excluding hydrogens is 280 g/mol. The van der Waals surface area contributed by atoms with Gasteiger partial charge in [-0.1, -0.05) is 18.2 Å². The first-order valence-electron chi connectivity index (χ1n) is 7.90. The van der Waals surface area contributed by atoms with Gasteiger partial charge in [-0.15, -0.1) is 11.8 Å². The Morgan fingerprint density at radius 3 is 2.67 bits per heavy atom. The topological polar surface area (TPSA) is 26.7 Å². The molecule has 118 valence electrons. The molecule has 0 amide bonds. The molecule has 1 N–H and O–H groups in total. The average Bonchev–Trinajstić information content (AvgIpc) is 2.54. The van der Waals surface area contributed by atoms with Crippen LogP contribution in [0.4, 0.5) is 0 Å². The molecule has 1 heterocycles. The lowest BCUT2D eigenvalue weighted by Gasteiger charge is -2.37. The molecule has 0 aromatic heterocycles. The molecule has 0 radical (unpaired) electrons. The second-order valence-corrected chi connectivity index (χ2v) is 6.73. The largest absolute Gasteiger partial charge is 0.396 e. The molecule has 0 aliphatic carbocycles. The van der Waals surface area contributed by atoms with E-state index in [1.807, 2.05) is 11.8 Å². The van der Waals surface area contributed by atoms with Crippen LogP contribution in [0.5, 0.6) is 0 Å². The van der Waals surface area contributed by atoms with Gasteiger partial charge < -0.3 is 10.0 Å². The van der Waals surface area contributed by atoms with Gasteiger partial charge in [-0.05, 0) is 57.3 Å². The van der Waals surface area contributed by atoms with Crippen LogP contribution >= 0.6 is 11.8 Å². The molecule has 1 aliphatic heterocycles. The van der Waals surface area contributed by atoms with Crippen molar-refractivity contribution in [2.24, 2.45) is 0 Å². The Labute approximate surface area is 133 Å². The summed E-state index contributed by atoms with van der Waals surface area (Å²) in [4.78, 5) is 6.40. The van der Waals surface area contributed by atoms with Crippen LogP contribution in [-0.2, 0) is 6.54 Å². The van der Waals surface area contributed by atoms with E-state index in [-0.39, 0.29) is 0 Å². The zero-order valence-corrected chi connectivity index (χ0v) is 14.1. The first-order valence-corrected chi connectivity index (χ1v) is 9.12. The minimum Gasteiger partial charge on any atom is -0.396 e. The summed E-state index contributed by atoms with van der Waals surface area (Å²) < 4.78 is 0. The standard InChI is InChI=1S/C17H28N2OS/c1-18(10-5-13-20)16-8-11-19(12-9-16)14-15-6-3-4-7-17(15)21-2/h3-4,6-7,16,20H,5,8-14H2,1-2H3. The Morgan fingerprint density at radius 1 is 1.29 bits per heavy atom. The monoisotopic (exact) mass is 308 g/mol. The van der Waals surface area contributed by atoms with E-state index in [4.69, 9.17) is 5.11 Å². The third kappa shape index (κ3) is 4.99. The number of aliphatic hydroxyl groups excluding tert-OH is 1. The maximum atomic E-state index is 8.93. The van der Waals surface area contributed by atoms with Gasteiger partial charge in [0.1, 0.15) is 0 Å². The minimum atomic E-state index is 0.300. The minimum absolute atomic E-state index is 0.300. The van der Waals surface area contributed by atoms with Gasteiger partial charge in [-0.3, -0.25) is 4.90 Å². The summed E-state index contributed by atoms with van der Waals surface area (Å²) in [5, 5.41) is 8.93. The van der Waals surface area contributed by atoms with Gasteiger partial charge in [-0.2, -0.15) is 0 Å². The molecule has 1 aromatic rings. The number of piperidine rings is 1. The van der Waals surface area contributed by atoms with Crippen LogP contribution in [-0.4, -0.2) is 60.5 Å². The number of thioether (sulfide) groups is 1. The van der Waals surface area contributed by atoms with Gasteiger partial charge in [0, 0.05) is 30.6 Å². The number of nitrogens with zero attached hydrogens (tertiary/aromatic N) is 2.